The number of rotatable bonds is 5. The Morgan fingerprint density at radius 2 is 2.39 bits per heavy atom. The number of aromatic nitrogens is 2. The Morgan fingerprint density at radius 1 is 1.61 bits per heavy atom. The van der Waals surface area contributed by atoms with Crippen LogP contribution < -0.4 is 16.4 Å². The molecular weight excluding hydrogens is 230 g/mol. The van der Waals surface area contributed by atoms with E-state index < -0.39 is 6.04 Å². The molecule has 0 spiro atoms. The molecule has 4 N–H and O–H groups in total. The third-order valence-corrected chi connectivity index (χ3v) is 3.65. The van der Waals surface area contributed by atoms with Gasteiger partial charge in [0.25, 0.3) is 0 Å². The van der Waals surface area contributed by atoms with Gasteiger partial charge in [-0.25, -0.2) is 4.68 Å². The Balaban J connectivity index is 1.60. The smallest absolute Gasteiger partial charge is 0.242 e. The molecule has 1 unspecified atom stereocenters. The highest BCUT2D eigenvalue weighted by atomic mass is 16.2. The second-order valence-electron chi connectivity index (χ2n) is 5.25. The topological polar surface area (TPSA) is 85.0 Å². The van der Waals surface area contributed by atoms with Crippen molar-refractivity contribution in [3.05, 3.63) is 12.3 Å². The number of hydrogen-bond donors (Lipinski definition) is 3. The first-order valence-electron chi connectivity index (χ1n) is 6.54. The van der Waals surface area contributed by atoms with Crippen molar-refractivity contribution in [1.29, 1.82) is 0 Å². The lowest BCUT2D eigenvalue weighted by Gasteiger charge is -2.28. The van der Waals surface area contributed by atoms with E-state index in [0.29, 0.717) is 12.0 Å². The highest BCUT2D eigenvalue weighted by molar-refractivity contribution is 5.93. The Bertz CT molecular complexity index is 435. The first-order valence-corrected chi connectivity index (χ1v) is 6.54. The van der Waals surface area contributed by atoms with E-state index in [0.717, 1.165) is 25.3 Å². The normalized spacial score (nSPS) is 21.4. The van der Waals surface area contributed by atoms with Crippen molar-refractivity contribution in [3.8, 4) is 0 Å². The third kappa shape index (κ3) is 2.39. The Labute approximate surface area is 106 Å². The minimum atomic E-state index is -0.402. The largest absolute Gasteiger partial charge is 0.320 e. The molecule has 18 heavy (non-hydrogen) atoms. The van der Waals surface area contributed by atoms with Crippen LogP contribution in [0.2, 0.25) is 0 Å². The lowest BCUT2D eigenvalue weighted by atomic mass is 10.1. The molecular formula is C12H19N5O. The predicted molar refractivity (Wildman–Crippen MR) is 68.1 cm³/mol. The number of amides is 1. The van der Waals surface area contributed by atoms with Crippen LogP contribution in [0.5, 0.6) is 0 Å². The fraction of sp³-hybridized carbons (Fsp3) is 0.667. The summed E-state index contributed by atoms with van der Waals surface area (Å²) >= 11 is 0. The molecule has 3 rings (SSSR count). The zero-order valence-corrected chi connectivity index (χ0v) is 10.3. The first kappa shape index (κ1) is 11.7. The van der Waals surface area contributed by atoms with E-state index in [-0.39, 0.29) is 5.91 Å². The number of nitrogens with zero attached hydrogens (tertiary/aromatic N) is 2. The van der Waals surface area contributed by atoms with Crippen LogP contribution in [0, 0.1) is 5.92 Å². The second kappa shape index (κ2) is 4.70. The maximum absolute atomic E-state index is 12.0. The van der Waals surface area contributed by atoms with E-state index >= 15 is 0 Å². The Hall–Kier alpha value is -1.40. The van der Waals surface area contributed by atoms with Crippen molar-refractivity contribution in [2.45, 2.75) is 31.3 Å². The van der Waals surface area contributed by atoms with Gasteiger partial charge in [-0.15, -0.1) is 0 Å². The summed E-state index contributed by atoms with van der Waals surface area (Å²) in [6, 6.07) is 1.76. The number of hydrogen-bond acceptors (Lipinski definition) is 4. The van der Waals surface area contributed by atoms with E-state index in [4.69, 9.17) is 5.73 Å². The predicted octanol–water partition coefficient (Wildman–Crippen LogP) is 0.0933. The molecule has 0 aromatic carbocycles. The molecule has 1 aliphatic heterocycles. The SMILES string of the molecule is NC(CC1CC1)C(=O)Nc1ccnn1C1CNC1. The monoisotopic (exact) mass is 249 g/mol. The number of anilines is 1. The van der Waals surface area contributed by atoms with Crippen molar-refractivity contribution in [3.63, 3.8) is 0 Å². The summed E-state index contributed by atoms with van der Waals surface area (Å²) < 4.78 is 1.86. The molecule has 1 aromatic heterocycles. The van der Waals surface area contributed by atoms with Gasteiger partial charge in [0, 0.05) is 19.2 Å². The van der Waals surface area contributed by atoms with Crippen LogP contribution in [-0.2, 0) is 4.79 Å². The van der Waals surface area contributed by atoms with Crippen molar-refractivity contribution < 1.29 is 4.79 Å². The molecule has 6 nitrogen and oxygen atoms in total. The maximum atomic E-state index is 12.0. The third-order valence-electron chi connectivity index (χ3n) is 3.65. The highest BCUT2D eigenvalue weighted by Gasteiger charge is 2.28. The molecule has 1 saturated carbocycles. The second-order valence-corrected chi connectivity index (χ2v) is 5.25. The molecule has 1 atom stereocenters. The van der Waals surface area contributed by atoms with Gasteiger partial charge < -0.3 is 16.4 Å². The van der Waals surface area contributed by atoms with Gasteiger partial charge in [0.2, 0.25) is 5.91 Å². The van der Waals surface area contributed by atoms with Crippen molar-refractivity contribution in [1.82, 2.24) is 15.1 Å². The number of carbonyl (C=O) groups is 1. The summed E-state index contributed by atoms with van der Waals surface area (Å²) in [6.45, 7) is 1.80. The number of carbonyl (C=O) groups excluding carboxylic acids is 1. The molecule has 1 aliphatic carbocycles. The van der Waals surface area contributed by atoms with Crippen LogP contribution in [0.15, 0.2) is 12.3 Å². The summed E-state index contributed by atoms with van der Waals surface area (Å²) in [6.07, 6.45) is 4.94. The molecule has 2 aliphatic rings. The lowest BCUT2D eigenvalue weighted by molar-refractivity contribution is -0.117. The van der Waals surface area contributed by atoms with E-state index in [1.807, 2.05) is 10.7 Å². The first-order chi connectivity index (χ1) is 8.74. The molecule has 2 heterocycles. The minimum absolute atomic E-state index is 0.101. The van der Waals surface area contributed by atoms with Crippen molar-refractivity contribution in [2.75, 3.05) is 18.4 Å². The van der Waals surface area contributed by atoms with Crippen LogP contribution in [0.3, 0.4) is 0 Å². The number of nitrogens with one attached hydrogen (secondary N) is 2. The minimum Gasteiger partial charge on any atom is -0.320 e. The van der Waals surface area contributed by atoms with Gasteiger partial charge in [-0.05, 0) is 12.3 Å². The van der Waals surface area contributed by atoms with Gasteiger partial charge in [0.1, 0.15) is 5.82 Å². The van der Waals surface area contributed by atoms with Crippen LogP contribution >= 0.6 is 0 Å². The molecule has 0 bridgehead atoms. The maximum Gasteiger partial charge on any atom is 0.242 e. The summed E-state index contributed by atoms with van der Waals surface area (Å²) in [7, 11) is 0. The van der Waals surface area contributed by atoms with E-state index in [2.05, 4.69) is 15.7 Å². The van der Waals surface area contributed by atoms with Crippen molar-refractivity contribution >= 4 is 11.7 Å². The fourth-order valence-electron chi connectivity index (χ4n) is 2.19. The standard InChI is InChI=1S/C12H19N5O/c13-10(5-8-1-2-8)12(18)16-11-3-4-15-17(11)9-6-14-7-9/h3-4,8-10,14H,1-2,5-7,13H2,(H,16,18). The molecule has 6 heteroatoms. The highest BCUT2D eigenvalue weighted by Crippen LogP contribution is 2.33. The molecule has 0 radical (unpaired) electrons. The van der Waals surface area contributed by atoms with Crippen LogP contribution in [0.4, 0.5) is 5.82 Å². The molecule has 1 amide bonds. The Morgan fingerprint density at radius 3 is 3.00 bits per heavy atom. The summed E-state index contributed by atoms with van der Waals surface area (Å²) in [4.78, 5) is 12.0. The van der Waals surface area contributed by atoms with Crippen LogP contribution in [0.25, 0.3) is 0 Å². The zero-order valence-electron chi connectivity index (χ0n) is 10.3. The van der Waals surface area contributed by atoms with Crippen LogP contribution in [0.1, 0.15) is 25.3 Å². The zero-order chi connectivity index (χ0) is 12.5. The average Bonchev–Trinajstić information content (AvgIpc) is 2.98. The Kier molecular flexibility index (Phi) is 3.05. The molecule has 98 valence electrons. The molecule has 2 fully saturated rings. The number of nitrogens with two attached hydrogens (primary N) is 1. The molecule has 1 aromatic rings. The van der Waals surface area contributed by atoms with Gasteiger partial charge in [0.05, 0.1) is 18.3 Å². The summed E-state index contributed by atoms with van der Waals surface area (Å²) in [5.41, 5.74) is 5.89. The van der Waals surface area contributed by atoms with Gasteiger partial charge in [-0.3, -0.25) is 4.79 Å². The average molecular weight is 249 g/mol. The quantitative estimate of drug-likeness (QED) is 0.690. The van der Waals surface area contributed by atoms with E-state index in [1.54, 1.807) is 6.20 Å². The van der Waals surface area contributed by atoms with Gasteiger partial charge in [-0.2, -0.15) is 5.10 Å². The van der Waals surface area contributed by atoms with E-state index in [9.17, 15) is 4.79 Å². The van der Waals surface area contributed by atoms with Crippen LogP contribution in [-0.4, -0.2) is 34.8 Å². The molecule has 1 saturated heterocycles. The summed E-state index contributed by atoms with van der Waals surface area (Å²) in [5.74, 6) is 1.31. The van der Waals surface area contributed by atoms with Gasteiger partial charge in [-0.1, -0.05) is 12.8 Å². The van der Waals surface area contributed by atoms with Gasteiger partial charge >= 0.3 is 0 Å². The van der Waals surface area contributed by atoms with Crippen molar-refractivity contribution in [2.24, 2.45) is 11.7 Å². The van der Waals surface area contributed by atoms with E-state index in [1.165, 1.54) is 12.8 Å². The van der Waals surface area contributed by atoms with Gasteiger partial charge in [0.15, 0.2) is 0 Å². The summed E-state index contributed by atoms with van der Waals surface area (Å²) in [5, 5.41) is 10.3. The lowest BCUT2D eigenvalue weighted by Crippen LogP contribution is -2.44. The fourth-order valence-corrected chi connectivity index (χ4v) is 2.19.